The van der Waals surface area contributed by atoms with Crippen LogP contribution in [0.2, 0.25) is 0 Å². The first-order valence-electron chi connectivity index (χ1n) is 9.80. The van der Waals surface area contributed by atoms with Gasteiger partial charge >= 0.3 is 0 Å². The fourth-order valence-corrected chi connectivity index (χ4v) is 4.08. The van der Waals surface area contributed by atoms with E-state index < -0.39 is 17.9 Å². The zero-order valence-corrected chi connectivity index (χ0v) is 16.9. The highest BCUT2D eigenvalue weighted by molar-refractivity contribution is 6.00. The molecule has 0 radical (unpaired) electrons. The second-order valence-corrected chi connectivity index (χ2v) is 7.52. The highest BCUT2D eigenvalue weighted by atomic mass is 16.5. The Morgan fingerprint density at radius 1 is 1.00 bits per heavy atom. The Bertz CT molecular complexity index is 1070. The minimum absolute atomic E-state index is 0.190. The molecular formula is C25H22NO4-. The van der Waals surface area contributed by atoms with Gasteiger partial charge in [-0.2, -0.15) is 0 Å². The molecule has 0 saturated heterocycles. The third-order valence-electron chi connectivity index (χ3n) is 5.62. The smallest absolute Gasteiger partial charge is 0.255 e. The van der Waals surface area contributed by atoms with Crippen LogP contribution in [0.15, 0.2) is 72.8 Å². The van der Waals surface area contributed by atoms with E-state index in [1.54, 1.807) is 48.4 Å². The molecule has 30 heavy (non-hydrogen) atoms. The van der Waals surface area contributed by atoms with Gasteiger partial charge in [0.1, 0.15) is 5.75 Å². The minimum atomic E-state index is -1.20. The molecule has 1 aliphatic heterocycles. The van der Waals surface area contributed by atoms with Crippen LogP contribution < -0.4 is 9.84 Å². The van der Waals surface area contributed by atoms with Gasteiger partial charge in [-0.25, -0.2) is 0 Å². The fraction of sp³-hybridized carbons (Fsp3) is 0.200. The van der Waals surface area contributed by atoms with Crippen LogP contribution in [0.25, 0.3) is 0 Å². The third kappa shape index (κ3) is 3.54. The van der Waals surface area contributed by atoms with Crippen LogP contribution in [0.3, 0.4) is 0 Å². The van der Waals surface area contributed by atoms with Gasteiger partial charge in [0.25, 0.3) is 5.91 Å². The van der Waals surface area contributed by atoms with E-state index in [1.807, 2.05) is 43.3 Å². The molecule has 152 valence electrons. The summed E-state index contributed by atoms with van der Waals surface area (Å²) in [4.78, 5) is 27.4. The van der Waals surface area contributed by atoms with Gasteiger partial charge in [-0.1, -0.05) is 60.2 Å². The molecule has 1 heterocycles. The number of carboxylic acid groups (broad SMARTS) is 1. The number of amides is 1. The Morgan fingerprint density at radius 2 is 1.67 bits per heavy atom. The normalized spacial score (nSPS) is 18.1. The van der Waals surface area contributed by atoms with Crippen molar-refractivity contribution in [1.29, 1.82) is 0 Å². The molecular weight excluding hydrogens is 378 g/mol. The zero-order chi connectivity index (χ0) is 21.3. The first-order chi connectivity index (χ1) is 14.5. The number of ether oxygens (including phenoxy) is 1. The van der Waals surface area contributed by atoms with Crippen molar-refractivity contribution in [2.75, 3.05) is 7.11 Å². The molecule has 0 saturated carbocycles. The van der Waals surface area contributed by atoms with Crippen LogP contribution in [-0.2, 0) is 11.3 Å². The molecule has 0 spiro atoms. The molecule has 0 aliphatic carbocycles. The summed E-state index contributed by atoms with van der Waals surface area (Å²) in [6, 6.07) is 21.2. The maximum absolute atomic E-state index is 13.5. The van der Waals surface area contributed by atoms with Gasteiger partial charge in [-0.05, 0) is 41.8 Å². The van der Waals surface area contributed by atoms with Crippen molar-refractivity contribution in [3.63, 3.8) is 0 Å². The van der Waals surface area contributed by atoms with Crippen LogP contribution in [-0.4, -0.2) is 23.9 Å². The van der Waals surface area contributed by atoms with Gasteiger partial charge in [0.2, 0.25) is 0 Å². The first-order valence-corrected chi connectivity index (χ1v) is 9.80. The van der Waals surface area contributed by atoms with Crippen molar-refractivity contribution in [1.82, 2.24) is 4.90 Å². The Balaban J connectivity index is 1.85. The Labute approximate surface area is 175 Å². The molecule has 0 N–H and O–H groups in total. The van der Waals surface area contributed by atoms with Gasteiger partial charge in [0.15, 0.2) is 0 Å². The average molecular weight is 400 g/mol. The Hall–Kier alpha value is -3.60. The first kappa shape index (κ1) is 19.7. The number of benzene rings is 3. The standard InChI is InChI=1S/C25H23NO4/c1-16-7-9-17(10-8-16)15-26-23(18-11-13-19(30-2)14-12-18)22(25(28)29)20-5-3-4-6-21(20)24(26)27/h3-14,22-23H,15H2,1-2H3,(H,28,29)/p-1/t22-,23-/m0/s1. The van der Waals surface area contributed by atoms with Gasteiger partial charge in [-0.15, -0.1) is 0 Å². The maximum atomic E-state index is 13.5. The minimum Gasteiger partial charge on any atom is -0.549 e. The number of carbonyl (C=O) groups excluding carboxylic acids is 2. The molecule has 3 aromatic rings. The van der Waals surface area contributed by atoms with Crippen molar-refractivity contribution < 1.29 is 19.4 Å². The van der Waals surface area contributed by atoms with E-state index >= 15 is 0 Å². The summed E-state index contributed by atoms with van der Waals surface area (Å²) < 4.78 is 5.23. The number of rotatable bonds is 5. The molecule has 0 aromatic heterocycles. The molecule has 1 amide bonds. The summed E-state index contributed by atoms with van der Waals surface area (Å²) in [6.45, 7) is 2.30. The fourth-order valence-electron chi connectivity index (χ4n) is 4.08. The van der Waals surface area contributed by atoms with E-state index in [1.165, 1.54) is 0 Å². The third-order valence-corrected chi connectivity index (χ3v) is 5.62. The summed E-state index contributed by atoms with van der Waals surface area (Å²) >= 11 is 0. The van der Waals surface area contributed by atoms with E-state index in [0.717, 1.165) is 16.7 Å². The lowest BCUT2D eigenvalue weighted by Crippen LogP contribution is -2.47. The lowest BCUT2D eigenvalue weighted by Gasteiger charge is -2.43. The second-order valence-electron chi connectivity index (χ2n) is 7.52. The monoisotopic (exact) mass is 400 g/mol. The maximum Gasteiger partial charge on any atom is 0.255 e. The average Bonchev–Trinajstić information content (AvgIpc) is 2.76. The summed E-state index contributed by atoms with van der Waals surface area (Å²) in [5.41, 5.74) is 3.67. The van der Waals surface area contributed by atoms with Crippen LogP contribution in [0.5, 0.6) is 5.75 Å². The molecule has 2 atom stereocenters. The predicted octanol–water partition coefficient (Wildman–Crippen LogP) is 3.23. The van der Waals surface area contributed by atoms with Crippen LogP contribution in [0, 0.1) is 6.92 Å². The lowest BCUT2D eigenvalue weighted by atomic mass is 9.79. The van der Waals surface area contributed by atoms with Crippen molar-refractivity contribution in [3.8, 4) is 5.75 Å². The summed E-state index contributed by atoms with van der Waals surface area (Å²) in [6.07, 6.45) is 0. The number of aryl methyl sites for hydroxylation is 1. The highest BCUT2D eigenvalue weighted by Gasteiger charge is 2.41. The molecule has 5 heteroatoms. The number of fused-ring (bicyclic) bond motifs is 1. The molecule has 0 bridgehead atoms. The topological polar surface area (TPSA) is 69.7 Å². The van der Waals surface area contributed by atoms with Crippen molar-refractivity contribution in [2.45, 2.75) is 25.4 Å². The van der Waals surface area contributed by atoms with E-state index in [2.05, 4.69) is 0 Å². The molecule has 4 rings (SSSR count). The Morgan fingerprint density at radius 3 is 2.30 bits per heavy atom. The summed E-state index contributed by atoms with van der Waals surface area (Å²) in [7, 11) is 1.57. The van der Waals surface area contributed by atoms with Gasteiger partial charge < -0.3 is 19.5 Å². The van der Waals surface area contributed by atoms with Gasteiger partial charge in [0, 0.05) is 18.0 Å². The predicted molar refractivity (Wildman–Crippen MR) is 111 cm³/mol. The number of methoxy groups -OCH3 is 1. The number of carboxylic acids is 1. The number of carbonyl (C=O) groups is 2. The van der Waals surface area contributed by atoms with Crippen molar-refractivity contribution >= 4 is 11.9 Å². The van der Waals surface area contributed by atoms with E-state index in [9.17, 15) is 14.7 Å². The largest absolute Gasteiger partial charge is 0.549 e. The van der Waals surface area contributed by atoms with E-state index in [4.69, 9.17) is 4.74 Å². The number of hydrogen-bond acceptors (Lipinski definition) is 4. The zero-order valence-electron chi connectivity index (χ0n) is 16.9. The number of hydrogen-bond donors (Lipinski definition) is 0. The van der Waals surface area contributed by atoms with E-state index in [-0.39, 0.29) is 5.91 Å². The highest BCUT2D eigenvalue weighted by Crippen LogP contribution is 2.43. The molecule has 0 fully saturated rings. The van der Waals surface area contributed by atoms with E-state index in [0.29, 0.717) is 23.4 Å². The SMILES string of the molecule is COc1ccc([C@H]2[C@@H](C(=O)[O-])c3ccccc3C(=O)N2Cc2ccc(C)cc2)cc1. The molecule has 5 nitrogen and oxygen atoms in total. The molecule has 0 unspecified atom stereocenters. The van der Waals surface area contributed by atoms with Crippen molar-refractivity contribution in [2.24, 2.45) is 0 Å². The van der Waals surface area contributed by atoms with Crippen LogP contribution in [0.4, 0.5) is 0 Å². The molecule has 3 aromatic carbocycles. The van der Waals surface area contributed by atoms with Crippen LogP contribution in [0.1, 0.15) is 44.6 Å². The summed E-state index contributed by atoms with van der Waals surface area (Å²) in [5.74, 6) is -1.71. The lowest BCUT2D eigenvalue weighted by molar-refractivity contribution is -0.309. The summed E-state index contributed by atoms with van der Waals surface area (Å²) in [5, 5.41) is 12.3. The Kier molecular flexibility index (Phi) is 5.27. The number of nitrogens with zero attached hydrogens (tertiary/aromatic N) is 1. The van der Waals surface area contributed by atoms with Gasteiger partial charge in [0.05, 0.1) is 19.1 Å². The second kappa shape index (κ2) is 8.03. The quantitative estimate of drug-likeness (QED) is 0.659. The van der Waals surface area contributed by atoms with Crippen LogP contribution >= 0.6 is 0 Å². The molecule has 1 aliphatic rings. The number of aliphatic carboxylic acids is 1. The van der Waals surface area contributed by atoms with Gasteiger partial charge in [-0.3, -0.25) is 4.79 Å². The van der Waals surface area contributed by atoms with Crippen molar-refractivity contribution in [3.05, 3.63) is 101 Å².